The minimum absolute atomic E-state index is 0.207. The molecule has 1 fully saturated rings. The molecule has 58 heavy (non-hydrogen) atoms. The van der Waals surface area contributed by atoms with Crippen molar-refractivity contribution in [2.75, 3.05) is 80.5 Å². The number of carbonyl (C=O) groups is 2. The lowest BCUT2D eigenvalue weighted by atomic mass is 9.86. The average molecular weight is 810 g/mol. The van der Waals surface area contributed by atoms with E-state index in [4.69, 9.17) is 18.9 Å². The topological polar surface area (TPSA) is 164 Å². The third kappa shape index (κ3) is 10.7. The van der Waals surface area contributed by atoms with Crippen LogP contribution < -0.4 is 40.2 Å². The second-order valence-electron chi connectivity index (χ2n) is 14.7. The van der Waals surface area contributed by atoms with Crippen molar-refractivity contribution in [1.29, 1.82) is 0 Å². The van der Waals surface area contributed by atoms with Gasteiger partial charge in [0.05, 0.1) is 43.5 Å². The fourth-order valence-electron chi connectivity index (χ4n) is 6.57. The van der Waals surface area contributed by atoms with Gasteiger partial charge in [-0.3, -0.25) is 9.69 Å². The van der Waals surface area contributed by atoms with Crippen molar-refractivity contribution >= 4 is 62.3 Å². The Balaban J connectivity index is 1.14. The van der Waals surface area contributed by atoms with Crippen LogP contribution in [0.5, 0.6) is 23.0 Å². The highest BCUT2D eigenvalue weighted by molar-refractivity contribution is 7.85. The van der Waals surface area contributed by atoms with E-state index in [0.29, 0.717) is 70.3 Å². The molecule has 2 heterocycles. The van der Waals surface area contributed by atoms with Crippen molar-refractivity contribution in [2.45, 2.75) is 32.6 Å². The first kappa shape index (κ1) is 41.7. The number of rotatable bonds is 14. The van der Waals surface area contributed by atoms with Gasteiger partial charge < -0.3 is 44.9 Å². The number of amides is 3. The maximum Gasteiger partial charge on any atom is 0.323 e. The predicted octanol–water partition coefficient (Wildman–Crippen LogP) is 7.89. The second-order valence-corrected chi connectivity index (χ2v) is 15.8. The minimum atomic E-state index is -1.36. The number of benzene rings is 4. The number of fused-ring (bicyclic) bond motifs is 1. The Morgan fingerprint density at radius 1 is 0.862 bits per heavy atom. The summed E-state index contributed by atoms with van der Waals surface area (Å²) < 4.78 is 38.2. The minimum Gasteiger partial charge on any atom is -0.496 e. The van der Waals surface area contributed by atoms with Crippen molar-refractivity contribution in [3.8, 4) is 23.0 Å². The quantitative estimate of drug-likeness (QED) is 0.0746. The second kappa shape index (κ2) is 19.0. The average Bonchev–Trinajstić information content (AvgIpc) is 3.47. The van der Waals surface area contributed by atoms with E-state index in [-0.39, 0.29) is 11.3 Å². The summed E-state index contributed by atoms with van der Waals surface area (Å²) in [6.45, 7) is 10.7. The first-order valence-corrected chi connectivity index (χ1v) is 20.6. The Bertz CT molecular complexity index is 2270. The zero-order valence-electron chi connectivity index (χ0n) is 33.7. The summed E-state index contributed by atoms with van der Waals surface area (Å²) in [5.74, 6) is 2.21. The predicted molar refractivity (Wildman–Crippen MR) is 231 cm³/mol. The van der Waals surface area contributed by atoms with Crippen molar-refractivity contribution in [2.24, 2.45) is 0 Å². The van der Waals surface area contributed by atoms with Gasteiger partial charge in [-0.25, -0.2) is 14.0 Å². The number of urea groups is 1. The maximum absolute atomic E-state index is 13.5. The standard InChI is InChI=1S/C43H51N7O7S/c1-43(2,3)28-24-35(40(55-5)36(25-28)49-58(6)53)48-42(52)47-34-14-15-37(32-11-8-7-10-31(32)34)57-30-16-17-44-39(27-30)46-29-12-13-33(38(26-29)54-4)41(51)45-18-20-50-19-9-22-56-23-21-50/h7-8,10-17,24-27,49H,9,18-23H2,1-6H3,(H,44,46)(H,45,51)(H2,47,48,52). The van der Waals surface area contributed by atoms with Crippen LogP contribution in [0.2, 0.25) is 0 Å². The Hall–Kier alpha value is -5.90. The lowest BCUT2D eigenvalue weighted by Gasteiger charge is -2.24. The highest BCUT2D eigenvalue weighted by Crippen LogP contribution is 2.40. The van der Waals surface area contributed by atoms with Crippen molar-refractivity contribution in [1.82, 2.24) is 15.2 Å². The molecule has 5 aromatic rings. The molecule has 15 heteroatoms. The van der Waals surface area contributed by atoms with E-state index in [1.807, 2.05) is 36.4 Å². The SMILES string of the molecule is COc1cc(Nc2cc(Oc3ccc(NC(=O)Nc4cc(C(C)(C)C)cc(NS(C)=O)c4OC)c4ccccc34)ccn2)ccc1C(=O)NCCN1CCCOCC1. The summed E-state index contributed by atoms with van der Waals surface area (Å²) in [6, 6.07) is 23.2. The van der Waals surface area contributed by atoms with Gasteiger partial charge in [0.2, 0.25) is 0 Å². The molecule has 1 aliphatic rings. The molecule has 1 saturated heterocycles. The maximum atomic E-state index is 13.5. The largest absolute Gasteiger partial charge is 0.496 e. The molecular weight excluding hydrogens is 759 g/mol. The van der Waals surface area contributed by atoms with Gasteiger partial charge in [0.15, 0.2) is 5.75 Å². The van der Waals surface area contributed by atoms with Gasteiger partial charge in [0.1, 0.15) is 34.1 Å². The molecular formula is C43H51N7O7S. The van der Waals surface area contributed by atoms with Crippen molar-refractivity contribution in [3.05, 3.63) is 96.2 Å². The van der Waals surface area contributed by atoms with Gasteiger partial charge in [-0.15, -0.1) is 0 Å². The summed E-state index contributed by atoms with van der Waals surface area (Å²) >= 11 is 0. The Morgan fingerprint density at radius 2 is 1.64 bits per heavy atom. The Labute approximate surface area is 341 Å². The van der Waals surface area contributed by atoms with E-state index >= 15 is 0 Å². The zero-order chi connectivity index (χ0) is 41.2. The molecule has 3 amide bonds. The first-order valence-electron chi connectivity index (χ1n) is 19.0. The van der Waals surface area contributed by atoms with Crippen molar-refractivity contribution < 1.29 is 32.7 Å². The number of hydrogen-bond acceptors (Lipinski definition) is 10. The lowest BCUT2D eigenvalue weighted by Crippen LogP contribution is -2.36. The van der Waals surface area contributed by atoms with Crippen LogP contribution in [0.3, 0.4) is 0 Å². The molecule has 0 spiro atoms. The van der Waals surface area contributed by atoms with Gasteiger partial charge >= 0.3 is 6.03 Å². The number of nitrogens with zero attached hydrogens (tertiary/aromatic N) is 2. The highest BCUT2D eigenvalue weighted by atomic mass is 32.2. The monoisotopic (exact) mass is 809 g/mol. The lowest BCUT2D eigenvalue weighted by molar-refractivity contribution is 0.0944. The van der Waals surface area contributed by atoms with Crippen LogP contribution >= 0.6 is 0 Å². The van der Waals surface area contributed by atoms with Crippen LogP contribution in [0.25, 0.3) is 10.8 Å². The molecule has 0 saturated carbocycles. The molecule has 5 N–H and O–H groups in total. The molecule has 1 atom stereocenters. The number of aromatic nitrogens is 1. The summed E-state index contributed by atoms with van der Waals surface area (Å²) in [4.78, 5) is 33.3. The van der Waals surface area contributed by atoms with Crippen molar-refractivity contribution in [3.63, 3.8) is 0 Å². The molecule has 0 radical (unpaired) electrons. The summed E-state index contributed by atoms with van der Waals surface area (Å²) in [5, 5.41) is 13.7. The smallest absolute Gasteiger partial charge is 0.323 e. The molecule has 6 rings (SSSR count). The van der Waals surface area contributed by atoms with Crippen LogP contribution in [0.15, 0.2) is 85.1 Å². The van der Waals surface area contributed by atoms with Crippen LogP contribution in [0.4, 0.5) is 33.4 Å². The Morgan fingerprint density at radius 3 is 2.40 bits per heavy atom. The highest BCUT2D eigenvalue weighted by Gasteiger charge is 2.22. The molecule has 0 aliphatic carbocycles. The summed E-state index contributed by atoms with van der Waals surface area (Å²) in [5.41, 5.74) is 3.27. The van der Waals surface area contributed by atoms with Gasteiger partial charge in [-0.2, -0.15) is 0 Å². The zero-order valence-corrected chi connectivity index (χ0v) is 34.5. The molecule has 1 aliphatic heterocycles. The van der Waals surface area contributed by atoms with Crippen LogP contribution in [0, 0.1) is 0 Å². The van der Waals surface area contributed by atoms with E-state index in [0.717, 1.165) is 49.0 Å². The van der Waals surface area contributed by atoms with E-state index < -0.39 is 17.0 Å². The molecule has 1 unspecified atom stereocenters. The van der Waals surface area contributed by atoms with Gasteiger partial charge in [-0.1, -0.05) is 45.0 Å². The number of methoxy groups -OCH3 is 2. The molecule has 14 nitrogen and oxygen atoms in total. The van der Waals surface area contributed by atoms with E-state index in [1.165, 1.54) is 20.5 Å². The normalized spacial score (nSPS) is 13.8. The van der Waals surface area contributed by atoms with E-state index in [2.05, 4.69) is 56.6 Å². The first-order chi connectivity index (χ1) is 27.9. The summed E-state index contributed by atoms with van der Waals surface area (Å²) in [7, 11) is 1.67. The van der Waals surface area contributed by atoms with Gasteiger partial charge in [0, 0.05) is 73.8 Å². The third-order valence-corrected chi connectivity index (χ3v) is 10.0. The molecule has 1 aromatic heterocycles. The number of ether oxygens (including phenoxy) is 4. The Kier molecular flexibility index (Phi) is 13.7. The third-order valence-electron chi connectivity index (χ3n) is 9.50. The number of carbonyl (C=O) groups excluding carboxylic acids is 2. The van der Waals surface area contributed by atoms with Gasteiger partial charge in [0.25, 0.3) is 5.91 Å². The fraction of sp³-hybridized carbons (Fsp3) is 0.326. The van der Waals surface area contributed by atoms with E-state index in [9.17, 15) is 13.8 Å². The molecule has 0 bridgehead atoms. The summed E-state index contributed by atoms with van der Waals surface area (Å²) in [6.07, 6.45) is 4.15. The molecule has 4 aromatic carbocycles. The van der Waals surface area contributed by atoms with Crippen LogP contribution in [0.1, 0.15) is 43.1 Å². The number of anilines is 5. The number of hydrogen-bond donors (Lipinski definition) is 5. The van der Waals surface area contributed by atoms with Gasteiger partial charge in [-0.05, 0) is 59.9 Å². The van der Waals surface area contributed by atoms with Crippen LogP contribution in [-0.4, -0.2) is 85.9 Å². The number of nitrogens with one attached hydrogen (secondary N) is 5. The van der Waals surface area contributed by atoms with Crippen LogP contribution in [-0.2, 0) is 21.1 Å². The number of pyridine rings is 1. The molecule has 306 valence electrons. The van der Waals surface area contributed by atoms with E-state index in [1.54, 1.807) is 48.7 Å². The fourth-order valence-corrected chi connectivity index (χ4v) is 7.03.